The highest BCUT2D eigenvalue weighted by atomic mass is 14.7. The molecule has 0 bridgehead atoms. The lowest BCUT2D eigenvalue weighted by molar-refractivity contribution is 0.502. The molecule has 1 heterocycles. The molecule has 0 aliphatic heterocycles. The number of hydrogen-bond acceptors (Lipinski definition) is 2. The van der Waals surface area contributed by atoms with E-state index in [9.17, 15) is 0 Å². The Morgan fingerprint density at radius 3 is 2.31 bits per heavy atom. The highest BCUT2D eigenvalue weighted by Gasteiger charge is 2.60. The molecule has 2 N–H and O–H groups in total. The zero-order valence-corrected chi connectivity index (χ0v) is 8.25. The highest BCUT2D eigenvalue weighted by molar-refractivity contribution is 5.36. The number of rotatable bonds is 2. The van der Waals surface area contributed by atoms with Gasteiger partial charge in [-0.15, -0.1) is 0 Å². The molecule has 1 aromatic rings. The van der Waals surface area contributed by atoms with Crippen LogP contribution in [0.3, 0.4) is 0 Å². The van der Waals surface area contributed by atoms with Crippen molar-refractivity contribution >= 4 is 0 Å². The Morgan fingerprint density at radius 2 is 1.92 bits per heavy atom. The second-order valence-corrected chi connectivity index (χ2v) is 4.58. The van der Waals surface area contributed by atoms with Gasteiger partial charge < -0.3 is 5.73 Å². The number of nitrogens with zero attached hydrogens (tertiary/aromatic N) is 1. The van der Waals surface area contributed by atoms with Gasteiger partial charge in [-0.25, -0.2) is 0 Å². The van der Waals surface area contributed by atoms with Crippen LogP contribution in [0, 0.1) is 5.41 Å². The van der Waals surface area contributed by atoms with E-state index in [2.05, 4.69) is 31.0 Å². The summed E-state index contributed by atoms with van der Waals surface area (Å²) in [5.41, 5.74) is 7.78. The van der Waals surface area contributed by atoms with Crippen LogP contribution in [-0.4, -0.2) is 11.5 Å². The minimum Gasteiger partial charge on any atom is -0.330 e. The molecule has 1 unspecified atom stereocenters. The van der Waals surface area contributed by atoms with Gasteiger partial charge in [0.1, 0.15) is 0 Å². The fourth-order valence-corrected chi connectivity index (χ4v) is 2.34. The standard InChI is InChI=1S/C11H16N2/c1-10(2)7-11(10,8-12)9-3-5-13-6-4-9/h3-6H,7-8,12H2,1-2H3. The fourth-order valence-electron chi connectivity index (χ4n) is 2.34. The van der Waals surface area contributed by atoms with E-state index in [1.54, 1.807) is 0 Å². The molecule has 2 rings (SSSR count). The summed E-state index contributed by atoms with van der Waals surface area (Å²) in [5, 5.41) is 0. The van der Waals surface area contributed by atoms with Gasteiger partial charge in [0.15, 0.2) is 0 Å². The third-order valence-corrected chi connectivity index (χ3v) is 3.50. The Labute approximate surface area is 79.2 Å². The van der Waals surface area contributed by atoms with Crippen molar-refractivity contribution in [1.29, 1.82) is 0 Å². The van der Waals surface area contributed by atoms with Crippen LogP contribution in [0.5, 0.6) is 0 Å². The van der Waals surface area contributed by atoms with Crippen LogP contribution < -0.4 is 5.73 Å². The van der Waals surface area contributed by atoms with Gasteiger partial charge in [-0.2, -0.15) is 0 Å². The Kier molecular flexibility index (Phi) is 1.70. The molecule has 2 nitrogen and oxygen atoms in total. The molecule has 70 valence electrons. The smallest absolute Gasteiger partial charge is 0.0270 e. The lowest BCUT2D eigenvalue weighted by Gasteiger charge is -2.18. The van der Waals surface area contributed by atoms with Gasteiger partial charge in [0, 0.05) is 24.4 Å². The van der Waals surface area contributed by atoms with E-state index in [4.69, 9.17) is 5.73 Å². The van der Waals surface area contributed by atoms with Crippen molar-refractivity contribution in [2.45, 2.75) is 25.7 Å². The number of nitrogens with two attached hydrogens (primary N) is 1. The maximum Gasteiger partial charge on any atom is 0.0270 e. The molecule has 0 saturated heterocycles. The quantitative estimate of drug-likeness (QED) is 0.745. The number of pyridine rings is 1. The van der Waals surface area contributed by atoms with Gasteiger partial charge in [0.2, 0.25) is 0 Å². The largest absolute Gasteiger partial charge is 0.330 e. The summed E-state index contributed by atoms with van der Waals surface area (Å²) in [6.07, 6.45) is 4.89. The predicted molar refractivity (Wildman–Crippen MR) is 53.4 cm³/mol. The summed E-state index contributed by atoms with van der Waals surface area (Å²) in [6.45, 7) is 5.30. The average molecular weight is 176 g/mol. The zero-order chi connectivity index (χ0) is 9.53. The average Bonchev–Trinajstić information content (AvgIpc) is 2.72. The third kappa shape index (κ3) is 1.09. The van der Waals surface area contributed by atoms with Crippen molar-refractivity contribution < 1.29 is 0 Å². The summed E-state index contributed by atoms with van der Waals surface area (Å²) >= 11 is 0. The molecule has 0 aromatic carbocycles. The molecular weight excluding hydrogens is 160 g/mol. The SMILES string of the molecule is CC1(C)CC1(CN)c1ccncc1. The van der Waals surface area contributed by atoms with Gasteiger partial charge in [-0.05, 0) is 29.5 Å². The second kappa shape index (κ2) is 2.55. The van der Waals surface area contributed by atoms with E-state index in [0.29, 0.717) is 5.41 Å². The van der Waals surface area contributed by atoms with Crippen LogP contribution in [0.25, 0.3) is 0 Å². The van der Waals surface area contributed by atoms with Crippen molar-refractivity contribution in [2.24, 2.45) is 11.1 Å². The van der Waals surface area contributed by atoms with Crippen molar-refractivity contribution in [3.8, 4) is 0 Å². The van der Waals surface area contributed by atoms with E-state index in [-0.39, 0.29) is 5.41 Å². The van der Waals surface area contributed by atoms with E-state index < -0.39 is 0 Å². The van der Waals surface area contributed by atoms with Crippen molar-refractivity contribution in [3.63, 3.8) is 0 Å². The molecule has 2 heteroatoms. The predicted octanol–water partition coefficient (Wildman–Crippen LogP) is 1.71. The van der Waals surface area contributed by atoms with Crippen LogP contribution in [-0.2, 0) is 5.41 Å². The second-order valence-electron chi connectivity index (χ2n) is 4.58. The fraction of sp³-hybridized carbons (Fsp3) is 0.545. The summed E-state index contributed by atoms with van der Waals surface area (Å²) in [7, 11) is 0. The Bertz CT molecular complexity index is 305. The minimum absolute atomic E-state index is 0.218. The maximum absolute atomic E-state index is 5.86. The third-order valence-electron chi connectivity index (χ3n) is 3.50. The molecule has 1 aliphatic carbocycles. The van der Waals surface area contributed by atoms with Gasteiger partial charge in [-0.3, -0.25) is 4.98 Å². The highest BCUT2D eigenvalue weighted by Crippen LogP contribution is 2.63. The molecular formula is C11H16N2. The molecule has 1 atom stereocenters. The summed E-state index contributed by atoms with van der Waals surface area (Å²) in [5.74, 6) is 0. The molecule has 13 heavy (non-hydrogen) atoms. The van der Waals surface area contributed by atoms with Crippen molar-refractivity contribution in [3.05, 3.63) is 30.1 Å². The van der Waals surface area contributed by atoms with E-state index in [1.807, 2.05) is 12.4 Å². The first-order valence-corrected chi connectivity index (χ1v) is 4.73. The Morgan fingerprint density at radius 1 is 1.38 bits per heavy atom. The first kappa shape index (κ1) is 8.70. The summed E-state index contributed by atoms with van der Waals surface area (Å²) < 4.78 is 0. The Hall–Kier alpha value is -0.890. The van der Waals surface area contributed by atoms with Crippen LogP contribution in [0.15, 0.2) is 24.5 Å². The molecule has 0 spiro atoms. The van der Waals surface area contributed by atoms with Gasteiger partial charge in [-0.1, -0.05) is 13.8 Å². The topological polar surface area (TPSA) is 38.9 Å². The number of aromatic nitrogens is 1. The normalized spacial score (nSPS) is 30.1. The van der Waals surface area contributed by atoms with Gasteiger partial charge in [0.05, 0.1) is 0 Å². The summed E-state index contributed by atoms with van der Waals surface area (Å²) in [4.78, 5) is 4.03. The molecule has 1 aromatic heterocycles. The van der Waals surface area contributed by atoms with E-state index in [1.165, 1.54) is 12.0 Å². The minimum atomic E-state index is 0.218. The summed E-state index contributed by atoms with van der Waals surface area (Å²) in [6, 6.07) is 4.17. The molecule has 1 fully saturated rings. The first-order chi connectivity index (χ1) is 6.12. The van der Waals surface area contributed by atoms with Gasteiger partial charge >= 0.3 is 0 Å². The molecule has 1 aliphatic rings. The zero-order valence-electron chi connectivity index (χ0n) is 8.25. The van der Waals surface area contributed by atoms with E-state index >= 15 is 0 Å². The lowest BCUT2D eigenvalue weighted by atomic mass is 9.89. The van der Waals surface area contributed by atoms with Crippen molar-refractivity contribution in [1.82, 2.24) is 4.98 Å². The van der Waals surface area contributed by atoms with E-state index in [0.717, 1.165) is 6.54 Å². The van der Waals surface area contributed by atoms with Gasteiger partial charge in [0.25, 0.3) is 0 Å². The Balaban J connectivity index is 2.37. The van der Waals surface area contributed by atoms with Crippen LogP contribution in [0.1, 0.15) is 25.8 Å². The maximum atomic E-state index is 5.86. The molecule has 1 saturated carbocycles. The molecule has 0 radical (unpaired) electrons. The van der Waals surface area contributed by atoms with Crippen LogP contribution >= 0.6 is 0 Å². The number of hydrogen-bond donors (Lipinski definition) is 1. The molecule has 0 amide bonds. The van der Waals surface area contributed by atoms with Crippen LogP contribution in [0.4, 0.5) is 0 Å². The first-order valence-electron chi connectivity index (χ1n) is 4.73. The lowest BCUT2D eigenvalue weighted by Crippen LogP contribution is -2.25. The van der Waals surface area contributed by atoms with Crippen LogP contribution in [0.2, 0.25) is 0 Å². The van der Waals surface area contributed by atoms with Crippen molar-refractivity contribution in [2.75, 3.05) is 6.54 Å². The monoisotopic (exact) mass is 176 g/mol.